The molecule has 8 heteroatoms. The van der Waals surface area contributed by atoms with Crippen LogP contribution in [0.2, 0.25) is 5.02 Å². The first-order valence-electron chi connectivity index (χ1n) is 5.83. The molecule has 1 N–H and O–H groups in total. The monoisotopic (exact) mass is 331 g/mol. The third-order valence-corrected chi connectivity index (χ3v) is 4.18. The largest absolute Gasteiger partial charge is 0.382 e. The molecule has 2 aromatic carbocycles. The number of nitrogens with one attached hydrogen (secondary N) is 1. The van der Waals surface area contributed by atoms with Crippen molar-refractivity contribution in [2.75, 3.05) is 0 Å². The van der Waals surface area contributed by atoms with Crippen LogP contribution >= 0.6 is 11.6 Å². The van der Waals surface area contributed by atoms with Gasteiger partial charge in [0, 0.05) is 17.7 Å². The summed E-state index contributed by atoms with van der Waals surface area (Å²) in [5.74, 6) is -1.29. The van der Waals surface area contributed by atoms with Crippen molar-refractivity contribution in [2.24, 2.45) is 0 Å². The summed E-state index contributed by atoms with van der Waals surface area (Å²) in [5.41, 5.74) is 0.741. The maximum atomic E-state index is 13.7. The summed E-state index contributed by atoms with van der Waals surface area (Å²) in [5, 5.41) is -0.0840. The Morgan fingerprint density at radius 1 is 1.19 bits per heavy atom. The topological polar surface area (TPSA) is 55.4 Å². The van der Waals surface area contributed by atoms with Gasteiger partial charge in [-0.25, -0.2) is 8.78 Å². The second-order valence-corrected chi connectivity index (χ2v) is 6.20. The predicted molar refractivity (Wildman–Crippen MR) is 73.2 cm³/mol. The normalized spacial score (nSPS) is 16.1. The van der Waals surface area contributed by atoms with Gasteiger partial charge in [-0.05, 0) is 29.8 Å². The van der Waals surface area contributed by atoms with Gasteiger partial charge in [-0.15, -0.1) is 0 Å². The zero-order valence-corrected chi connectivity index (χ0v) is 11.9. The van der Waals surface area contributed by atoms with Crippen molar-refractivity contribution in [2.45, 2.75) is 6.54 Å². The molecule has 4 nitrogen and oxygen atoms in total. The van der Waals surface area contributed by atoms with Gasteiger partial charge in [0.15, 0.2) is 5.75 Å². The zero-order valence-electron chi connectivity index (χ0n) is 10.4. The Bertz CT molecular complexity index is 840. The Hall–Kier alpha value is -1.70. The van der Waals surface area contributed by atoms with Crippen molar-refractivity contribution >= 4 is 21.9 Å². The van der Waals surface area contributed by atoms with E-state index in [-0.39, 0.29) is 28.4 Å². The van der Waals surface area contributed by atoms with Crippen LogP contribution in [0.25, 0.3) is 11.1 Å². The van der Waals surface area contributed by atoms with Crippen LogP contribution in [-0.4, -0.2) is 8.42 Å². The van der Waals surface area contributed by atoms with E-state index in [0.717, 1.165) is 18.2 Å². The lowest BCUT2D eigenvalue weighted by Gasteiger charge is -2.21. The van der Waals surface area contributed by atoms with Gasteiger partial charge in [-0.2, -0.15) is 13.1 Å². The van der Waals surface area contributed by atoms with Gasteiger partial charge in [0.25, 0.3) is 0 Å². The molecule has 0 unspecified atom stereocenters. The minimum atomic E-state index is -3.95. The van der Waals surface area contributed by atoms with E-state index in [1.165, 1.54) is 12.1 Å². The van der Waals surface area contributed by atoms with E-state index in [1.54, 1.807) is 0 Å². The van der Waals surface area contributed by atoms with Crippen LogP contribution < -0.4 is 8.91 Å². The molecule has 0 spiro atoms. The first-order chi connectivity index (χ1) is 9.85. The summed E-state index contributed by atoms with van der Waals surface area (Å²) in [6.07, 6.45) is 0. The smallest absolute Gasteiger partial charge is 0.370 e. The number of hydrogen-bond acceptors (Lipinski definition) is 3. The molecule has 0 atom stereocenters. The third-order valence-electron chi connectivity index (χ3n) is 2.99. The molecule has 1 aliphatic rings. The lowest BCUT2D eigenvalue weighted by Crippen LogP contribution is -2.32. The average Bonchev–Trinajstić information content (AvgIpc) is 2.41. The lowest BCUT2D eigenvalue weighted by atomic mass is 10.0. The Morgan fingerprint density at radius 3 is 2.67 bits per heavy atom. The van der Waals surface area contributed by atoms with E-state index >= 15 is 0 Å². The first-order valence-corrected chi connectivity index (χ1v) is 7.61. The fourth-order valence-corrected chi connectivity index (χ4v) is 2.99. The van der Waals surface area contributed by atoms with Crippen molar-refractivity contribution in [3.05, 3.63) is 52.6 Å². The summed E-state index contributed by atoms with van der Waals surface area (Å²) in [7, 11) is -3.95. The molecule has 0 fully saturated rings. The van der Waals surface area contributed by atoms with Crippen LogP contribution in [0.4, 0.5) is 8.78 Å². The molecule has 0 bridgehead atoms. The number of hydrogen-bond donors (Lipinski definition) is 1. The van der Waals surface area contributed by atoms with Crippen LogP contribution in [-0.2, 0) is 16.8 Å². The zero-order chi connectivity index (χ0) is 15.2. The molecule has 2 aromatic rings. The van der Waals surface area contributed by atoms with Crippen LogP contribution in [0.5, 0.6) is 5.75 Å². The van der Waals surface area contributed by atoms with E-state index in [4.69, 9.17) is 15.8 Å². The van der Waals surface area contributed by atoms with E-state index in [2.05, 4.69) is 4.72 Å². The highest BCUT2D eigenvalue weighted by molar-refractivity contribution is 7.85. The standard InChI is InChI=1S/C13H8ClF2NO3S/c14-11-2-1-7(4-12(11)16)10-5-9(15)3-8-6-17-21(18,19)20-13(8)10/h1-5,17H,6H2. The van der Waals surface area contributed by atoms with Gasteiger partial charge in [-0.3, -0.25) is 0 Å². The quantitative estimate of drug-likeness (QED) is 0.874. The van der Waals surface area contributed by atoms with Crippen molar-refractivity contribution in [1.29, 1.82) is 0 Å². The second-order valence-electron chi connectivity index (χ2n) is 4.43. The minimum Gasteiger partial charge on any atom is -0.370 e. The average molecular weight is 332 g/mol. The van der Waals surface area contributed by atoms with Gasteiger partial charge < -0.3 is 4.18 Å². The van der Waals surface area contributed by atoms with Crippen LogP contribution in [0.15, 0.2) is 30.3 Å². The highest BCUT2D eigenvalue weighted by atomic mass is 35.5. The van der Waals surface area contributed by atoms with Crippen molar-refractivity contribution in [3.63, 3.8) is 0 Å². The summed E-state index contributed by atoms with van der Waals surface area (Å²) in [6, 6.07) is 6.10. The van der Waals surface area contributed by atoms with Gasteiger partial charge in [0.2, 0.25) is 0 Å². The molecule has 0 amide bonds. The van der Waals surface area contributed by atoms with Gasteiger partial charge in [0.1, 0.15) is 11.6 Å². The van der Waals surface area contributed by atoms with E-state index in [0.29, 0.717) is 5.56 Å². The molecule has 0 aromatic heterocycles. The highest BCUT2D eigenvalue weighted by Crippen LogP contribution is 2.37. The van der Waals surface area contributed by atoms with Crippen LogP contribution in [0.1, 0.15) is 5.56 Å². The molecule has 0 saturated heterocycles. The lowest BCUT2D eigenvalue weighted by molar-refractivity contribution is 0.452. The van der Waals surface area contributed by atoms with Crippen LogP contribution in [0, 0.1) is 11.6 Å². The fraction of sp³-hybridized carbons (Fsp3) is 0.0769. The molecule has 0 aliphatic carbocycles. The minimum absolute atomic E-state index is 0.0168. The number of halogens is 3. The molecular formula is C13H8ClF2NO3S. The highest BCUT2D eigenvalue weighted by Gasteiger charge is 2.26. The van der Waals surface area contributed by atoms with Crippen molar-refractivity contribution in [1.82, 2.24) is 4.72 Å². The maximum Gasteiger partial charge on any atom is 0.382 e. The van der Waals surface area contributed by atoms with Crippen LogP contribution in [0.3, 0.4) is 0 Å². The Morgan fingerprint density at radius 2 is 1.95 bits per heavy atom. The maximum absolute atomic E-state index is 13.7. The molecule has 110 valence electrons. The number of fused-ring (bicyclic) bond motifs is 1. The van der Waals surface area contributed by atoms with E-state index in [1.807, 2.05) is 0 Å². The van der Waals surface area contributed by atoms with Crippen molar-refractivity contribution < 1.29 is 21.4 Å². The van der Waals surface area contributed by atoms with Gasteiger partial charge >= 0.3 is 10.3 Å². The fourth-order valence-electron chi connectivity index (χ4n) is 2.06. The Labute approximate surface area is 124 Å². The Balaban J connectivity index is 2.23. The summed E-state index contributed by atoms with van der Waals surface area (Å²) in [6.45, 7) is -0.0987. The summed E-state index contributed by atoms with van der Waals surface area (Å²) < 4.78 is 57.2. The van der Waals surface area contributed by atoms with E-state index < -0.39 is 21.9 Å². The van der Waals surface area contributed by atoms with Gasteiger partial charge in [-0.1, -0.05) is 17.7 Å². The van der Waals surface area contributed by atoms with E-state index in [9.17, 15) is 17.2 Å². The van der Waals surface area contributed by atoms with Crippen molar-refractivity contribution in [3.8, 4) is 16.9 Å². The Kier molecular flexibility index (Phi) is 3.35. The molecule has 3 rings (SSSR count). The third kappa shape index (κ3) is 2.72. The predicted octanol–water partition coefficient (Wildman–Crippen LogP) is 3.01. The molecule has 1 aliphatic heterocycles. The van der Waals surface area contributed by atoms with Gasteiger partial charge in [0.05, 0.1) is 5.02 Å². The second kappa shape index (κ2) is 4.94. The molecule has 0 saturated carbocycles. The number of benzene rings is 2. The molecule has 21 heavy (non-hydrogen) atoms. The number of rotatable bonds is 1. The molecule has 0 radical (unpaired) electrons. The molecular weight excluding hydrogens is 324 g/mol. The first kappa shape index (κ1) is 14.2. The SMILES string of the molecule is O=S1(=O)NCc2cc(F)cc(-c3ccc(Cl)c(F)c3)c2O1. The summed E-state index contributed by atoms with van der Waals surface area (Å²) >= 11 is 5.60. The molecule has 1 heterocycles. The summed E-state index contributed by atoms with van der Waals surface area (Å²) in [4.78, 5) is 0.